The molecule has 2 fully saturated rings. The molecule has 0 spiro atoms. The zero-order valence-corrected chi connectivity index (χ0v) is 17.0. The van der Waals surface area contributed by atoms with E-state index in [0.29, 0.717) is 25.0 Å². The SMILES string of the molecule is FC(F)(F)Oc1ccc(COCC2CC(c3ccc(CN4CCCC4)cc3)C2)cc1. The Morgan fingerprint density at radius 3 is 2.13 bits per heavy atom. The molecule has 0 atom stereocenters. The molecule has 1 aliphatic carbocycles. The van der Waals surface area contributed by atoms with Crippen LogP contribution in [0.15, 0.2) is 48.5 Å². The largest absolute Gasteiger partial charge is 0.573 e. The summed E-state index contributed by atoms with van der Waals surface area (Å²) in [6.45, 7) is 4.59. The molecule has 1 heterocycles. The smallest absolute Gasteiger partial charge is 0.406 e. The maximum absolute atomic E-state index is 12.2. The number of halogens is 3. The summed E-state index contributed by atoms with van der Waals surface area (Å²) in [6, 6.07) is 14.9. The van der Waals surface area contributed by atoms with Crippen LogP contribution in [0.2, 0.25) is 0 Å². The van der Waals surface area contributed by atoms with Crippen LogP contribution in [0, 0.1) is 5.92 Å². The molecule has 3 nitrogen and oxygen atoms in total. The van der Waals surface area contributed by atoms with Crippen LogP contribution < -0.4 is 4.74 Å². The third kappa shape index (κ3) is 5.99. The van der Waals surface area contributed by atoms with E-state index >= 15 is 0 Å². The highest BCUT2D eigenvalue weighted by molar-refractivity contribution is 5.28. The van der Waals surface area contributed by atoms with Crippen LogP contribution in [0.4, 0.5) is 13.2 Å². The lowest BCUT2D eigenvalue weighted by Crippen LogP contribution is -2.26. The van der Waals surface area contributed by atoms with Gasteiger partial charge in [-0.2, -0.15) is 0 Å². The van der Waals surface area contributed by atoms with Gasteiger partial charge < -0.3 is 9.47 Å². The number of likely N-dealkylation sites (tertiary alicyclic amines) is 1. The van der Waals surface area contributed by atoms with Gasteiger partial charge >= 0.3 is 6.36 Å². The van der Waals surface area contributed by atoms with Crippen LogP contribution in [0.25, 0.3) is 0 Å². The third-order valence-electron chi connectivity index (χ3n) is 6.07. The highest BCUT2D eigenvalue weighted by Crippen LogP contribution is 2.41. The zero-order valence-electron chi connectivity index (χ0n) is 17.0. The minimum absolute atomic E-state index is 0.209. The molecule has 0 N–H and O–H groups in total. The molecule has 162 valence electrons. The van der Waals surface area contributed by atoms with Gasteiger partial charge in [0.15, 0.2) is 0 Å². The van der Waals surface area contributed by atoms with Crippen LogP contribution in [0.1, 0.15) is 48.3 Å². The number of nitrogens with zero attached hydrogens (tertiary/aromatic N) is 1. The second kappa shape index (κ2) is 9.40. The van der Waals surface area contributed by atoms with Gasteiger partial charge in [-0.25, -0.2) is 0 Å². The lowest BCUT2D eigenvalue weighted by molar-refractivity contribution is -0.274. The molecule has 1 saturated heterocycles. The number of ether oxygens (including phenoxy) is 2. The molecule has 1 saturated carbocycles. The van der Waals surface area contributed by atoms with E-state index in [1.807, 2.05) is 0 Å². The quantitative estimate of drug-likeness (QED) is 0.532. The predicted octanol–water partition coefficient (Wildman–Crippen LogP) is 5.89. The van der Waals surface area contributed by atoms with Crippen molar-refractivity contribution in [3.63, 3.8) is 0 Å². The first kappa shape index (κ1) is 21.2. The summed E-state index contributed by atoms with van der Waals surface area (Å²) in [5, 5.41) is 0. The van der Waals surface area contributed by atoms with E-state index in [2.05, 4.69) is 33.9 Å². The molecule has 4 rings (SSSR count). The van der Waals surface area contributed by atoms with Gasteiger partial charge in [-0.1, -0.05) is 36.4 Å². The Morgan fingerprint density at radius 2 is 1.50 bits per heavy atom. The van der Waals surface area contributed by atoms with E-state index in [-0.39, 0.29) is 5.75 Å². The Labute approximate surface area is 175 Å². The van der Waals surface area contributed by atoms with Crippen molar-refractivity contribution < 1.29 is 22.6 Å². The summed E-state index contributed by atoms with van der Waals surface area (Å²) < 4.78 is 46.2. The summed E-state index contributed by atoms with van der Waals surface area (Å²) in [5.74, 6) is 0.949. The van der Waals surface area contributed by atoms with Gasteiger partial charge in [0.25, 0.3) is 0 Å². The van der Waals surface area contributed by atoms with E-state index in [4.69, 9.17) is 4.74 Å². The summed E-state index contributed by atoms with van der Waals surface area (Å²) in [4.78, 5) is 2.52. The lowest BCUT2D eigenvalue weighted by atomic mass is 9.72. The number of benzene rings is 2. The number of hydrogen-bond acceptors (Lipinski definition) is 3. The first-order chi connectivity index (χ1) is 14.4. The minimum atomic E-state index is -4.66. The Kier molecular flexibility index (Phi) is 6.64. The molecule has 30 heavy (non-hydrogen) atoms. The van der Waals surface area contributed by atoms with Crippen molar-refractivity contribution in [1.82, 2.24) is 4.90 Å². The molecule has 0 aromatic heterocycles. The normalized spacial score (nSPS) is 22.1. The van der Waals surface area contributed by atoms with Crippen molar-refractivity contribution in [2.75, 3.05) is 19.7 Å². The highest BCUT2D eigenvalue weighted by Gasteiger charge is 2.31. The van der Waals surface area contributed by atoms with Crippen molar-refractivity contribution in [2.45, 2.75) is 51.1 Å². The van der Waals surface area contributed by atoms with Gasteiger partial charge in [-0.15, -0.1) is 13.2 Å². The maximum Gasteiger partial charge on any atom is 0.573 e. The second-order valence-corrected chi connectivity index (χ2v) is 8.47. The predicted molar refractivity (Wildman–Crippen MR) is 109 cm³/mol. The lowest BCUT2D eigenvalue weighted by Gasteiger charge is -2.35. The van der Waals surface area contributed by atoms with Crippen molar-refractivity contribution >= 4 is 0 Å². The number of rotatable bonds is 8. The molecule has 0 unspecified atom stereocenters. The molecule has 0 bridgehead atoms. The molecule has 0 amide bonds. The van der Waals surface area contributed by atoms with Crippen molar-refractivity contribution in [3.05, 3.63) is 65.2 Å². The monoisotopic (exact) mass is 419 g/mol. The maximum atomic E-state index is 12.2. The van der Waals surface area contributed by atoms with Gasteiger partial charge in [-0.05, 0) is 79.4 Å². The first-order valence-corrected chi connectivity index (χ1v) is 10.7. The second-order valence-electron chi connectivity index (χ2n) is 8.47. The average Bonchev–Trinajstić information content (AvgIpc) is 3.18. The van der Waals surface area contributed by atoms with Gasteiger partial charge in [0.2, 0.25) is 0 Å². The Balaban J connectivity index is 1.15. The fourth-order valence-electron chi connectivity index (χ4n) is 4.37. The number of alkyl halides is 3. The molecule has 2 aromatic rings. The Morgan fingerprint density at radius 1 is 0.867 bits per heavy atom. The van der Waals surface area contributed by atoms with E-state index < -0.39 is 6.36 Å². The third-order valence-corrected chi connectivity index (χ3v) is 6.07. The fraction of sp³-hybridized carbons (Fsp3) is 0.500. The first-order valence-electron chi connectivity index (χ1n) is 10.7. The van der Waals surface area contributed by atoms with E-state index in [0.717, 1.165) is 24.9 Å². The molecule has 2 aromatic carbocycles. The van der Waals surface area contributed by atoms with Gasteiger partial charge in [0.1, 0.15) is 5.75 Å². The summed E-state index contributed by atoms with van der Waals surface area (Å²) in [5.41, 5.74) is 3.65. The topological polar surface area (TPSA) is 21.7 Å². The van der Waals surface area contributed by atoms with Gasteiger partial charge in [-0.3, -0.25) is 4.90 Å². The van der Waals surface area contributed by atoms with Crippen LogP contribution in [0.3, 0.4) is 0 Å². The summed E-state index contributed by atoms with van der Waals surface area (Å²) >= 11 is 0. The van der Waals surface area contributed by atoms with Crippen LogP contribution in [0.5, 0.6) is 5.75 Å². The molecule has 0 radical (unpaired) electrons. The van der Waals surface area contributed by atoms with Crippen LogP contribution in [-0.2, 0) is 17.9 Å². The molecule has 1 aliphatic heterocycles. The Bertz CT molecular complexity index is 793. The molecule has 2 aliphatic rings. The standard InChI is InChI=1S/C24H28F3NO2/c25-24(26,27)30-23-9-5-19(6-10-23)16-29-17-20-13-22(14-20)21-7-3-18(4-8-21)15-28-11-1-2-12-28/h3-10,20,22H,1-2,11-17H2. The Hall–Kier alpha value is -2.05. The number of hydrogen-bond donors (Lipinski definition) is 0. The minimum Gasteiger partial charge on any atom is -0.406 e. The molecular weight excluding hydrogens is 391 g/mol. The van der Waals surface area contributed by atoms with E-state index in [1.165, 1.54) is 49.2 Å². The van der Waals surface area contributed by atoms with Crippen molar-refractivity contribution in [3.8, 4) is 5.75 Å². The molecule has 6 heteroatoms. The highest BCUT2D eigenvalue weighted by atomic mass is 19.4. The van der Waals surface area contributed by atoms with Crippen molar-refractivity contribution in [1.29, 1.82) is 0 Å². The zero-order chi connectivity index (χ0) is 21.0. The molecular formula is C24H28F3NO2. The van der Waals surface area contributed by atoms with E-state index in [1.54, 1.807) is 12.1 Å². The van der Waals surface area contributed by atoms with Crippen LogP contribution in [-0.4, -0.2) is 31.0 Å². The van der Waals surface area contributed by atoms with Gasteiger partial charge in [0.05, 0.1) is 6.61 Å². The van der Waals surface area contributed by atoms with Crippen LogP contribution >= 0.6 is 0 Å². The summed E-state index contributed by atoms with van der Waals surface area (Å²) in [7, 11) is 0. The average molecular weight is 419 g/mol. The van der Waals surface area contributed by atoms with Crippen molar-refractivity contribution in [2.24, 2.45) is 5.92 Å². The van der Waals surface area contributed by atoms with E-state index in [9.17, 15) is 13.2 Å². The summed E-state index contributed by atoms with van der Waals surface area (Å²) in [6.07, 6.45) is 0.240. The fourth-order valence-corrected chi connectivity index (χ4v) is 4.37. The van der Waals surface area contributed by atoms with Gasteiger partial charge in [0, 0.05) is 13.2 Å².